The van der Waals surface area contributed by atoms with Gasteiger partial charge < -0.3 is 15.1 Å². The van der Waals surface area contributed by atoms with Gasteiger partial charge in [-0.3, -0.25) is 9.63 Å². The van der Waals surface area contributed by atoms with E-state index in [0.29, 0.717) is 19.5 Å². The predicted molar refractivity (Wildman–Crippen MR) is 143 cm³/mol. The van der Waals surface area contributed by atoms with Gasteiger partial charge in [-0.15, -0.1) is 0 Å². The van der Waals surface area contributed by atoms with E-state index in [-0.39, 0.29) is 12.5 Å². The number of aromatic amines is 1. The molecule has 4 aromatic rings. The quantitative estimate of drug-likeness (QED) is 0.301. The Morgan fingerprint density at radius 3 is 2.49 bits per heavy atom. The van der Waals surface area contributed by atoms with Gasteiger partial charge >= 0.3 is 0 Å². The zero-order valence-electron chi connectivity index (χ0n) is 20.7. The number of fused-ring (bicyclic) bond motifs is 1. The Morgan fingerprint density at radius 2 is 1.76 bits per heavy atom. The van der Waals surface area contributed by atoms with Crippen molar-refractivity contribution in [1.29, 1.82) is 0 Å². The molecule has 1 saturated heterocycles. The zero-order chi connectivity index (χ0) is 25.6. The normalized spacial score (nSPS) is 17.3. The number of rotatable bonds is 7. The van der Waals surface area contributed by atoms with Gasteiger partial charge in [0.15, 0.2) is 0 Å². The van der Waals surface area contributed by atoms with Crippen LogP contribution >= 0.6 is 0 Å². The van der Waals surface area contributed by atoms with Gasteiger partial charge in [-0.1, -0.05) is 59.9 Å². The summed E-state index contributed by atoms with van der Waals surface area (Å²) in [5.41, 5.74) is 6.28. The highest BCUT2D eigenvalue weighted by Crippen LogP contribution is 2.23. The average Bonchev–Trinajstić information content (AvgIpc) is 3.53. The average molecular weight is 492 g/mol. The van der Waals surface area contributed by atoms with E-state index in [4.69, 9.17) is 4.84 Å². The van der Waals surface area contributed by atoms with Gasteiger partial charge in [0.05, 0.1) is 19.1 Å². The second-order valence-electron chi connectivity index (χ2n) is 9.33. The Hall–Kier alpha value is -4.18. The largest absolute Gasteiger partial charge is 0.361 e. The fourth-order valence-corrected chi connectivity index (χ4v) is 4.57. The van der Waals surface area contributed by atoms with Gasteiger partial charge in [0.2, 0.25) is 5.91 Å². The molecule has 0 bridgehead atoms. The lowest BCUT2D eigenvalue weighted by atomic mass is 10.0. The summed E-state index contributed by atoms with van der Waals surface area (Å²) in [6.45, 7) is 3.13. The van der Waals surface area contributed by atoms with E-state index < -0.39 is 12.0 Å². The molecule has 2 atom stereocenters. The van der Waals surface area contributed by atoms with E-state index in [0.717, 1.165) is 39.4 Å². The number of carbonyl (C=O) groups is 2. The molecule has 1 aliphatic heterocycles. The first kappa shape index (κ1) is 24.5. The molecule has 1 amide bonds. The fourth-order valence-electron chi connectivity index (χ4n) is 4.57. The lowest BCUT2D eigenvalue weighted by Crippen LogP contribution is -2.46. The molecule has 6 heteroatoms. The van der Waals surface area contributed by atoms with Crippen LogP contribution in [-0.2, 0) is 27.4 Å². The van der Waals surface area contributed by atoms with E-state index >= 15 is 0 Å². The minimum atomic E-state index is -0.665. The number of aryl methyl sites for hydroxylation is 1. The number of carbonyl (C=O) groups excluding carboxylic acids is 2. The van der Waals surface area contributed by atoms with Crippen molar-refractivity contribution < 1.29 is 14.4 Å². The van der Waals surface area contributed by atoms with Crippen LogP contribution in [0.25, 0.3) is 10.9 Å². The fraction of sp³-hybridized carbons (Fsp3) is 0.226. The molecular formula is C31H29N3O3. The Balaban J connectivity index is 1.20. The van der Waals surface area contributed by atoms with E-state index in [1.807, 2.05) is 72.9 Å². The number of H-pyrrole nitrogens is 1. The summed E-state index contributed by atoms with van der Waals surface area (Å²) >= 11 is 0. The molecule has 186 valence electrons. The molecule has 2 N–H and O–H groups in total. The van der Waals surface area contributed by atoms with Crippen molar-refractivity contribution in [2.75, 3.05) is 13.2 Å². The van der Waals surface area contributed by atoms with Crippen LogP contribution in [0.1, 0.15) is 27.8 Å². The molecule has 0 aliphatic carbocycles. The third-order valence-electron chi connectivity index (χ3n) is 6.66. The van der Waals surface area contributed by atoms with E-state index in [2.05, 4.69) is 35.1 Å². The number of hydroxylamine groups is 2. The van der Waals surface area contributed by atoms with Crippen LogP contribution in [0, 0.1) is 24.7 Å². The second kappa shape index (κ2) is 11.3. The Labute approximate surface area is 216 Å². The first-order chi connectivity index (χ1) is 18.1. The number of nitrogens with one attached hydrogen (secondary N) is 2. The molecule has 5 rings (SSSR count). The van der Waals surface area contributed by atoms with Crippen molar-refractivity contribution >= 4 is 23.1 Å². The van der Waals surface area contributed by atoms with Crippen molar-refractivity contribution in [1.82, 2.24) is 15.4 Å². The number of nitrogens with zero attached hydrogens (tertiary/aromatic N) is 1. The summed E-state index contributed by atoms with van der Waals surface area (Å²) in [7, 11) is 0. The van der Waals surface area contributed by atoms with Crippen LogP contribution in [-0.4, -0.2) is 41.4 Å². The summed E-state index contributed by atoms with van der Waals surface area (Å²) < 4.78 is 0. The third kappa shape index (κ3) is 5.80. The van der Waals surface area contributed by atoms with E-state index in [1.54, 1.807) is 5.06 Å². The van der Waals surface area contributed by atoms with E-state index in [9.17, 15) is 9.59 Å². The number of aromatic nitrogens is 1. The van der Waals surface area contributed by atoms with Crippen LogP contribution in [0.4, 0.5) is 0 Å². The molecule has 37 heavy (non-hydrogen) atoms. The monoisotopic (exact) mass is 491 g/mol. The molecule has 0 unspecified atom stereocenters. The van der Waals surface area contributed by atoms with Crippen LogP contribution < -0.4 is 5.32 Å². The van der Waals surface area contributed by atoms with Gasteiger partial charge in [-0.2, -0.15) is 5.06 Å². The van der Waals surface area contributed by atoms with Crippen molar-refractivity contribution in [3.05, 3.63) is 107 Å². The number of benzene rings is 3. The van der Waals surface area contributed by atoms with Gasteiger partial charge in [-0.05, 0) is 54.8 Å². The van der Waals surface area contributed by atoms with Crippen LogP contribution in [0.3, 0.4) is 0 Å². The summed E-state index contributed by atoms with van der Waals surface area (Å²) in [4.78, 5) is 33.8. The Kier molecular flexibility index (Phi) is 7.46. The van der Waals surface area contributed by atoms with Crippen molar-refractivity contribution in [3.8, 4) is 11.8 Å². The number of para-hydroxylation sites is 1. The number of hydrogen-bond acceptors (Lipinski definition) is 4. The summed E-state index contributed by atoms with van der Waals surface area (Å²) in [5.74, 6) is 5.65. The molecule has 0 saturated carbocycles. The standard InChI is InChI=1S/C31H29N3O3/c1-22-6-8-23(9-7-22)10-11-24-12-14-25(15-13-24)19-34-30(27(20-35)21-37-34)31(36)32-17-16-26-18-33-29-5-3-2-4-28(26)29/h2-9,12-15,18,20,27,30,33H,16-17,19,21H2,1H3,(H,32,36)/t27-,30+/m1/s1. The molecule has 0 spiro atoms. The zero-order valence-corrected chi connectivity index (χ0v) is 20.7. The molecule has 3 aromatic carbocycles. The van der Waals surface area contributed by atoms with Gasteiger partial charge in [0, 0.05) is 34.8 Å². The van der Waals surface area contributed by atoms with Crippen molar-refractivity contribution in [2.24, 2.45) is 5.92 Å². The smallest absolute Gasteiger partial charge is 0.240 e. The lowest BCUT2D eigenvalue weighted by molar-refractivity contribution is -0.157. The molecule has 1 fully saturated rings. The minimum Gasteiger partial charge on any atom is -0.361 e. The molecular weight excluding hydrogens is 462 g/mol. The lowest BCUT2D eigenvalue weighted by Gasteiger charge is -2.23. The van der Waals surface area contributed by atoms with Gasteiger partial charge in [0.1, 0.15) is 12.3 Å². The number of hydrogen-bond donors (Lipinski definition) is 2. The first-order valence-electron chi connectivity index (χ1n) is 12.5. The van der Waals surface area contributed by atoms with Crippen LogP contribution in [0.5, 0.6) is 0 Å². The molecule has 1 aliphatic rings. The maximum absolute atomic E-state index is 13.1. The van der Waals surface area contributed by atoms with Crippen LogP contribution in [0.15, 0.2) is 79.0 Å². The second-order valence-corrected chi connectivity index (χ2v) is 9.33. The maximum atomic E-state index is 13.1. The highest BCUT2D eigenvalue weighted by atomic mass is 16.7. The maximum Gasteiger partial charge on any atom is 0.240 e. The molecule has 2 heterocycles. The minimum absolute atomic E-state index is 0.199. The van der Waals surface area contributed by atoms with E-state index in [1.165, 1.54) is 5.56 Å². The van der Waals surface area contributed by atoms with Crippen molar-refractivity contribution in [3.63, 3.8) is 0 Å². The molecule has 6 nitrogen and oxygen atoms in total. The van der Waals surface area contributed by atoms with Gasteiger partial charge in [0.25, 0.3) is 0 Å². The summed E-state index contributed by atoms with van der Waals surface area (Å²) in [6, 6.07) is 23.4. The number of aldehydes is 1. The highest BCUT2D eigenvalue weighted by Gasteiger charge is 2.40. The van der Waals surface area contributed by atoms with Crippen LogP contribution in [0.2, 0.25) is 0 Å². The predicted octanol–water partition coefficient (Wildman–Crippen LogP) is 4.17. The molecule has 1 aromatic heterocycles. The van der Waals surface area contributed by atoms with Gasteiger partial charge in [-0.25, -0.2) is 0 Å². The SMILES string of the molecule is Cc1ccc(C#Cc2ccc(CN3OC[C@@H](C=O)[C@H]3C(=O)NCCc3c[nH]c4ccccc34)cc2)cc1. The Bertz CT molecular complexity index is 1450. The summed E-state index contributed by atoms with van der Waals surface area (Å²) in [5, 5.41) is 5.77. The number of amides is 1. The third-order valence-corrected chi connectivity index (χ3v) is 6.66. The first-order valence-corrected chi connectivity index (χ1v) is 12.5. The molecule has 0 radical (unpaired) electrons. The summed E-state index contributed by atoms with van der Waals surface area (Å²) in [6.07, 6.45) is 3.48. The Morgan fingerprint density at radius 1 is 1.05 bits per heavy atom. The highest BCUT2D eigenvalue weighted by molar-refractivity contribution is 5.86. The topological polar surface area (TPSA) is 74.4 Å². The van der Waals surface area contributed by atoms with Crippen molar-refractivity contribution in [2.45, 2.75) is 25.9 Å².